The predicted octanol–water partition coefficient (Wildman–Crippen LogP) is 3.42. The maximum Gasteiger partial charge on any atom is 0.259 e. The van der Waals surface area contributed by atoms with E-state index in [9.17, 15) is 9.59 Å². The fraction of sp³-hybridized carbons (Fsp3) is 0.391. The first kappa shape index (κ1) is 20.1. The van der Waals surface area contributed by atoms with Crippen LogP contribution in [0, 0.1) is 0 Å². The molecule has 7 heteroatoms. The summed E-state index contributed by atoms with van der Waals surface area (Å²) < 4.78 is 11.5. The molecule has 4 rings (SSSR count). The van der Waals surface area contributed by atoms with Crippen LogP contribution in [0.25, 0.3) is 0 Å². The van der Waals surface area contributed by atoms with E-state index in [2.05, 4.69) is 5.32 Å². The fourth-order valence-corrected chi connectivity index (χ4v) is 4.57. The normalized spacial score (nSPS) is 15.9. The Balaban J connectivity index is 1.69. The molecular formula is C23H27N3O4. The fourth-order valence-electron chi connectivity index (χ4n) is 4.57. The van der Waals surface area contributed by atoms with Gasteiger partial charge in [0.15, 0.2) is 0 Å². The van der Waals surface area contributed by atoms with Crippen molar-refractivity contribution < 1.29 is 19.1 Å². The van der Waals surface area contributed by atoms with Gasteiger partial charge in [0.2, 0.25) is 5.91 Å². The molecule has 1 aliphatic carbocycles. The van der Waals surface area contributed by atoms with Gasteiger partial charge in [-0.05, 0) is 48.6 Å². The minimum atomic E-state index is -0.453. The molecule has 0 saturated heterocycles. The van der Waals surface area contributed by atoms with Crippen molar-refractivity contribution in [3.05, 3.63) is 47.0 Å². The molecule has 30 heavy (non-hydrogen) atoms. The molecule has 0 atom stereocenters. The highest BCUT2D eigenvalue weighted by atomic mass is 16.5. The van der Waals surface area contributed by atoms with Crippen LogP contribution in [0.2, 0.25) is 0 Å². The Kier molecular flexibility index (Phi) is 5.53. The number of benzene rings is 2. The lowest BCUT2D eigenvalue weighted by Gasteiger charge is -2.25. The molecule has 1 saturated carbocycles. The van der Waals surface area contributed by atoms with Crippen molar-refractivity contribution in [1.82, 2.24) is 0 Å². The van der Waals surface area contributed by atoms with Crippen LogP contribution in [-0.4, -0.2) is 32.6 Å². The highest BCUT2D eigenvalue weighted by molar-refractivity contribution is 6.11. The largest absolute Gasteiger partial charge is 0.496 e. The Morgan fingerprint density at radius 1 is 1.17 bits per heavy atom. The Hall–Kier alpha value is -3.22. The van der Waals surface area contributed by atoms with Gasteiger partial charge in [0.25, 0.3) is 5.91 Å². The number of nitrogens with zero attached hydrogens (tertiary/aromatic N) is 1. The van der Waals surface area contributed by atoms with Crippen LogP contribution in [0.15, 0.2) is 30.3 Å². The SMILES string of the molecule is COc1ccc(N2Cc3ccc(NCC(N)=O)cc3C2=O)c(OC)c1C1CCCC1. The number of nitrogens with one attached hydrogen (secondary N) is 1. The minimum Gasteiger partial charge on any atom is -0.496 e. The summed E-state index contributed by atoms with van der Waals surface area (Å²) in [5, 5.41) is 2.95. The van der Waals surface area contributed by atoms with Gasteiger partial charge in [0.05, 0.1) is 33.0 Å². The third-order valence-electron chi connectivity index (χ3n) is 5.99. The van der Waals surface area contributed by atoms with Gasteiger partial charge in [-0.25, -0.2) is 0 Å². The molecule has 1 fully saturated rings. The first-order chi connectivity index (χ1) is 14.5. The van der Waals surface area contributed by atoms with Gasteiger partial charge in [-0.3, -0.25) is 9.59 Å². The number of fused-ring (bicyclic) bond motifs is 1. The maximum absolute atomic E-state index is 13.3. The highest BCUT2D eigenvalue weighted by Gasteiger charge is 2.34. The monoisotopic (exact) mass is 409 g/mol. The van der Waals surface area contributed by atoms with E-state index >= 15 is 0 Å². The summed E-state index contributed by atoms with van der Waals surface area (Å²) in [5.74, 6) is 1.36. The molecule has 7 nitrogen and oxygen atoms in total. The van der Waals surface area contributed by atoms with Gasteiger partial charge in [-0.1, -0.05) is 18.9 Å². The molecule has 2 aromatic carbocycles. The van der Waals surface area contributed by atoms with Crippen molar-refractivity contribution in [2.24, 2.45) is 5.73 Å². The van der Waals surface area contributed by atoms with Crippen LogP contribution in [-0.2, 0) is 11.3 Å². The van der Waals surface area contributed by atoms with E-state index in [0.29, 0.717) is 23.7 Å². The van der Waals surface area contributed by atoms with Crippen LogP contribution < -0.4 is 25.4 Å². The van der Waals surface area contributed by atoms with E-state index < -0.39 is 5.91 Å². The molecular weight excluding hydrogens is 382 g/mol. The topological polar surface area (TPSA) is 93.9 Å². The molecule has 2 aliphatic rings. The molecule has 0 radical (unpaired) electrons. The van der Waals surface area contributed by atoms with Gasteiger partial charge in [-0.15, -0.1) is 0 Å². The molecule has 0 unspecified atom stereocenters. The van der Waals surface area contributed by atoms with Crippen LogP contribution in [0.1, 0.15) is 53.1 Å². The quantitative estimate of drug-likeness (QED) is 0.731. The molecule has 2 amide bonds. The number of carbonyl (C=O) groups is 2. The van der Waals surface area contributed by atoms with Gasteiger partial charge in [0.1, 0.15) is 11.5 Å². The number of amides is 2. The second-order valence-electron chi connectivity index (χ2n) is 7.80. The van der Waals surface area contributed by atoms with E-state index in [1.807, 2.05) is 24.3 Å². The van der Waals surface area contributed by atoms with Crippen molar-refractivity contribution in [2.75, 3.05) is 31.0 Å². The van der Waals surface area contributed by atoms with E-state index in [4.69, 9.17) is 15.2 Å². The summed E-state index contributed by atoms with van der Waals surface area (Å²) in [6, 6.07) is 9.36. The van der Waals surface area contributed by atoms with Gasteiger partial charge in [-0.2, -0.15) is 0 Å². The van der Waals surface area contributed by atoms with Crippen LogP contribution in [0.3, 0.4) is 0 Å². The van der Waals surface area contributed by atoms with Gasteiger partial charge < -0.3 is 25.4 Å². The number of hydrogen-bond acceptors (Lipinski definition) is 5. The minimum absolute atomic E-state index is 0.0216. The zero-order valence-corrected chi connectivity index (χ0v) is 17.4. The van der Waals surface area contributed by atoms with E-state index in [1.165, 1.54) is 12.8 Å². The molecule has 0 aromatic heterocycles. The van der Waals surface area contributed by atoms with Crippen LogP contribution in [0.5, 0.6) is 11.5 Å². The number of methoxy groups -OCH3 is 2. The number of carbonyl (C=O) groups excluding carboxylic acids is 2. The van der Waals surface area contributed by atoms with E-state index in [-0.39, 0.29) is 12.5 Å². The van der Waals surface area contributed by atoms with E-state index in [0.717, 1.165) is 41.2 Å². The Bertz CT molecular complexity index is 983. The third kappa shape index (κ3) is 3.56. The smallest absolute Gasteiger partial charge is 0.259 e. The summed E-state index contributed by atoms with van der Waals surface area (Å²) in [7, 11) is 3.32. The first-order valence-electron chi connectivity index (χ1n) is 10.2. The summed E-state index contributed by atoms with van der Waals surface area (Å²) in [6.45, 7) is 0.491. The van der Waals surface area contributed by atoms with Crippen molar-refractivity contribution in [2.45, 2.75) is 38.1 Å². The second kappa shape index (κ2) is 8.26. The summed E-state index contributed by atoms with van der Waals surface area (Å²) in [5.41, 5.74) is 9.26. The van der Waals surface area contributed by atoms with E-state index in [1.54, 1.807) is 25.2 Å². The Labute approximate surface area is 176 Å². The number of anilines is 2. The van der Waals surface area contributed by atoms with Gasteiger partial charge in [0, 0.05) is 16.8 Å². The van der Waals surface area contributed by atoms with Crippen molar-refractivity contribution in [3.8, 4) is 11.5 Å². The Morgan fingerprint density at radius 3 is 2.60 bits per heavy atom. The van der Waals surface area contributed by atoms with Crippen LogP contribution >= 0.6 is 0 Å². The summed E-state index contributed by atoms with van der Waals surface area (Å²) in [4.78, 5) is 26.0. The third-order valence-corrected chi connectivity index (χ3v) is 5.99. The number of rotatable bonds is 7. The van der Waals surface area contributed by atoms with Crippen molar-refractivity contribution in [1.29, 1.82) is 0 Å². The zero-order valence-electron chi connectivity index (χ0n) is 17.4. The average molecular weight is 409 g/mol. The standard InChI is InChI=1S/C23H27N3O4/c1-29-19-10-9-18(22(30-2)21(19)14-5-3-4-6-14)26-13-15-7-8-16(25-12-20(24)27)11-17(15)23(26)28/h7-11,14,25H,3-6,12-13H2,1-2H3,(H2,24,27). The Morgan fingerprint density at radius 2 is 1.93 bits per heavy atom. The summed E-state index contributed by atoms with van der Waals surface area (Å²) >= 11 is 0. The average Bonchev–Trinajstić information content (AvgIpc) is 3.39. The van der Waals surface area contributed by atoms with Gasteiger partial charge >= 0.3 is 0 Å². The number of nitrogens with two attached hydrogens (primary N) is 1. The molecule has 3 N–H and O–H groups in total. The lowest BCUT2D eigenvalue weighted by molar-refractivity contribution is -0.116. The van der Waals surface area contributed by atoms with Crippen LogP contribution in [0.4, 0.5) is 11.4 Å². The molecule has 2 aromatic rings. The van der Waals surface area contributed by atoms with Crippen molar-refractivity contribution in [3.63, 3.8) is 0 Å². The number of ether oxygens (including phenoxy) is 2. The molecule has 158 valence electrons. The predicted molar refractivity (Wildman–Crippen MR) is 115 cm³/mol. The zero-order chi connectivity index (χ0) is 21.3. The lowest BCUT2D eigenvalue weighted by Crippen LogP contribution is -2.24. The first-order valence-corrected chi connectivity index (χ1v) is 10.2. The maximum atomic E-state index is 13.3. The number of primary amides is 1. The lowest BCUT2D eigenvalue weighted by atomic mass is 9.94. The molecule has 1 aliphatic heterocycles. The molecule has 0 bridgehead atoms. The second-order valence-corrected chi connectivity index (χ2v) is 7.80. The summed E-state index contributed by atoms with van der Waals surface area (Å²) in [6.07, 6.45) is 4.57. The number of hydrogen-bond donors (Lipinski definition) is 2. The molecule has 0 spiro atoms. The highest BCUT2D eigenvalue weighted by Crippen LogP contribution is 2.48. The van der Waals surface area contributed by atoms with Crippen molar-refractivity contribution >= 4 is 23.2 Å². The molecule has 1 heterocycles.